The first kappa shape index (κ1) is 14.1. The maximum atomic E-state index is 12.1. The second-order valence-electron chi connectivity index (χ2n) is 5.77. The number of carbonyl (C=O) groups excluding carboxylic acids is 1. The predicted molar refractivity (Wildman–Crippen MR) is 77.9 cm³/mol. The SMILES string of the molecule is CC(C)NC(=O)C(CN)Cc1ccccc1C1CC1. The van der Waals surface area contributed by atoms with Gasteiger partial charge < -0.3 is 11.1 Å². The Labute approximate surface area is 115 Å². The maximum Gasteiger partial charge on any atom is 0.224 e. The van der Waals surface area contributed by atoms with Crippen molar-refractivity contribution in [1.29, 1.82) is 0 Å². The molecule has 2 rings (SSSR count). The van der Waals surface area contributed by atoms with Crippen LogP contribution in [0, 0.1) is 5.92 Å². The lowest BCUT2D eigenvalue weighted by Crippen LogP contribution is -2.39. The Hall–Kier alpha value is -1.35. The van der Waals surface area contributed by atoms with E-state index in [0.29, 0.717) is 12.5 Å². The molecule has 1 aromatic carbocycles. The molecule has 1 atom stereocenters. The molecule has 1 saturated carbocycles. The number of carbonyl (C=O) groups is 1. The van der Waals surface area contributed by atoms with E-state index in [2.05, 4.69) is 29.6 Å². The zero-order valence-corrected chi connectivity index (χ0v) is 11.9. The van der Waals surface area contributed by atoms with E-state index in [9.17, 15) is 4.79 Å². The lowest BCUT2D eigenvalue weighted by molar-refractivity contribution is -0.125. The summed E-state index contributed by atoms with van der Waals surface area (Å²) in [6, 6.07) is 8.64. The Morgan fingerprint density at radius 2 is 2.05 bits per heavy atom. The van der Waals surface area contributed by atoms with Gasteiger partial charge >= 0.3 is 0 Å². The van der Waals surface area contributed by atoms with Crippen LogP contribution in [0.25, 0.3) is 0 Å². The third kappa shape index (κ3) is 3.80. The van der Waals surface area contributed by atoms with Gasteiger partial charge in [0.05, 0.1) is 5.92 Å². The number of benzene rings is 1. The van der Waals surface area contributed by atoms with Crippen molar-refractivity contribution in [2.24, 2.45) is 11.7 Å². The minimum absolute atomic E-state index is 0.0723. The van der Waals surface area contributed by atoms with Crippen LogP contribution in [0.2, 0.25) is 0 Å². The molecule has 0 spiro atoms. The molecule has 1 aliphatic carbocycles. The van der Waals surface area contributed by atoms with Crippen molar-refractivity contribution < 1.29 is 4.79 Å². The number of rotatable bonds is 6. The van der Waals surface area contributed by atoms with Crippen molar-refractivity contribution in [2.45, 2.75) is 45.1 Å². The van der Waals surface area contributed by atoms with Gasteiger partial charge in [-0.3, -0.25) is 4.79 Å². The molecule has 19 heavy (non-hydrogen) atoms. The van der Waals surface area contributed by atoms with Gasteiger partial charge in [0.1, 0.15) is 0 Å². The molecule has 0 saturated heterocycles. The average molecular weight is 260 g/mol. The topological polar surface area (TPSA) is 55.1 Å². The Kier molecular flexibility index (Phi) is 4.59. The van der Waals surface area contributed by atoms with Gasteiger partial charge in [-0.05, 0) is 50.2 Å². The minimum Gasteiger partial charge on any atom is -0.354 e. The van der Waals surface area contributed by atoms with Crippen LogP contribution < -0.4 is 11.1 Å². The standard InChI is InChI=1S/C16H24N2O/c1-11(2)18-16(19)14(10-17)9-13-5-3-4-6-15(13)12-7-8-12/h3-6,11-12,14H,7-10,17H2,1-2H3,(H,18,19). The minimum atomic E-state index is -0.123. The van der Waals surface area contributed by atoms with Crippen LogP contribution in [-0.2, 0) is 11.2 Å². The first-order chi connectivity index (χ1) is 9.11. The predicted octanol–water partition coefficient (Wildman–Crippen LogP) is 2.21. The van der Waals surface area contributed by atoms with Crippen LogP contribution >= 0.6 is 0 Å². The van der Waals surface area contributed by atoms with Gasteiger partial charge in [0.2, 0.25) is 5.91 Å². The molecule has 104 valence electrons. The molecule has 1 aromatic rings. The van der Waals surface area contributed by atoms with Crippen molar-refractivity contribution >= 4 is 5.91 Å². The molecule has 1 aliphatic rings. The third-order valence-electron chi connectivity index (χ3n) is 3.62. The van der Waals surface area contributed by atoms with E-state index in [0.717, 1.165) is 6.42 Å². The van der Waals surface area contributed by atoms with E-state index < -0.39 is 0 Å². The van der Waals surface area contributed by atoms with Crippen LogP contribution in [0.4, 0.5) is 0 Å². The van der Waals surface area contributed by atoms with Crippen molar-refractivity contribution in [3.63, 3.8) is 0 Å². The number of hydrogen-bond donors (Lipinski definition) is 2. The summed E-state index contributed by atoms with van der Waals surface area (Å²) in [7, 11) is 0. The number of amides is 1. The van der Waals surface area contributed by atoms with Crippen molar-refractivity contribution in [2.75, 3.05) is 6.54 Å². The summed E-state index contributed by atoms with van der Waals surface area (Å²) in [5.74, 6) is 0.660. The highest BCUT2D eigenvalue weighted by atomic mass is 16.1. The fourth-order valence-corrected chi connectivity index (χ4v) is 2.46. The maximum absolute atomic E-state index is 12.1. The summed E-state index contributed by atoms with van der Waals surface area (Å²) in [5, 5.41) is 2.96. The third-order valence-corrected chi connectivity index (χ3v) is 3.62. The highest BCUT2D eigenvalue weighted by Crippen LogP contribution is 2.41. The summed E-state index contributed by atoms with van der Waals surface area (Å²) in [5.41, 5.74) is 8.48. The molecule has 1 amide bonds. The molecule has 1 fully saturated rings. The lowest BCUT2D eigenvalue weighted by Gasteiger charge is -2.18. The smallest absolute Gasteiger partial charge is 0.224 e. The Bertz CT molecular complexity index is 438. The van der Waals surface area contributed by atoms with Crippen molar-refractivity contribution in [3.8, 4) is 0 Å². The zero-order chi connectivity index (χ0) is 13.8. The quantitative estimate of drug-likeness (QED) is 0.824. The molecule has 3 nitrogen and oxygen atoms in total. The van der Waals surface area contributed by atoms with Gasteiger partial charge in [0.15, 0.2) is 0 Å². The Balaban J connectivity index is 2.07. The number of hydrogen-bond acceptors (Lipinski definition) is 2. The van der Waals surface area contributed by atoms with Gasteiger partial charge in [-0.15, -0.1) is 0 Å². The van der Waals surface area contributed by atoms with Gasteiger partial charge in [0, 0.05) is 12.6 Å². The van der Waals surface area contributed by atoms with Gasteiger partial charge in [0.25, 0.3) is 0 Å². The molecule has 3 heteroatoms. The van der Waals surface area contributed by atoms with E-state index in [1.165, 1.54) is 24.0 Å². The molecule has 0 radical (unpaired) electrons. The summed E-state index contributed by atoms with van der Waals surface area (Å²) in [6.07, 6.45) is 3.31. The average Bonchev–Trinajstić information content (AvgIpc) is 3.19. The summed E-state index contributed by atoms with van der Waals surface area (Å²) in [6.45, 7) is 4.35. The molecule has 1 unspecified atom stereocenters. The van der Waals surface area contributed by atoms with Gasteiger partial charge in [-0.1, -0.05) is 24.3 Å². The summed E-state index contributed by atoms with van der Waals surface area (Å²) >= 11 is 0. The lowest BCUT2D eigenvalue weighted by atomic mass is 9.93. The van der Waals surface area contributed by atoms with E-state index in [4.69, 9.17) is 5.73 Å². The summed E-state index contributed by atoms with van der Waals surface area (Å²) in [4.78, 5) is 12.1. The monoisotopic (exact) mass is 260 g/mol. The van der Waals surface area contributed by atoms with Gasteiger partial charge in [-0.2, -0.15) is 0 Å². The first-order valence-corrected chi connectivity index (χ1v) is 7.20. The van der Waals surface area contributed by atoms with Crippen molar-refractivity contribution in [3.05, 3.63) is 35.4 Å². The van der Waals surface area contributed by atoms with E-state index in [1.54, 1.807) is 0 Å². The van der Waals surface area contributed by atoms with Crippen LogP contribution in [-0.4, -0.2) is 18.5 Å². The first-order valence-electron chi connectivity index (χ1n) is 7.20. The van der Waals surface area contributed by atoms with E-state index in [1.807, 2.05) is 13.8 Å². The number of nitrogens with two attached hydrogens (primary N) is 1. The second kappa shape index (κ2) is 6.20. The van der Waals surface area contributed by atoms with Crippen LogP contribution in [0.5, 0.6) is 0 Å². The van der Waals surface area contributed by atoms with E-state index in [-0.39, 0.29) is 17.9 Å². The molecule has 0 bridgehead atoms. The largest absolute Gasteiger partial charge is 0.354 e. The van der Waals surface area contributed by atoms with Crippen LogP contribution in [0.1, 0.15) is 43.7 Å². The second-order valence-corrected chi connectivity index (χ2v) is 5.77. The fraction of sp³-hybridized carbons (Fsp3) is 0.562. The Morgan fingerprint density at radius 3 is 2.63 bits per heavy atom. The van der Waals surface area contributed by atoms with Crippen molar-refractivity contribution in [1.82, 2.24) is 5.32 Å². The highest BCUT2D eigenvalue weighted by Gasteiger charge is 2.27. The number of nitrogens with one attached hydrogen (secondary N) is 1. The molecule has 0 aromatic heterocycles. The van der Waals surface area contributed by atoms with Crippen LogP contribution in [0.3, 0.4) is 0 Å². The fourth-order valence-electron chi connectivity index (χ4n) is 2.46. The Morgan fingerprint density at radius 1 is 1.37 bits per heavy atom. The normalized spacial score (nSPS) is 16.4. The highest BCUT2D eigenvalue weighted by molar-refractivity contribution is 5.79. The molecule has 3 N–H and O–H groups in total. The molecule has 0 aliphatic heterocycles. The van der Waals surface area contributed by atoms with Crippen LogP contribution in [0.15, 0.2) is 24.3 Å². The summed E-state index contributed by atoms with van der Waals surface area (Å²) < 4.78 is 0. The van der Waals surface area contributed by atoms with E-state index >= 15 is 0 Å². The molecule has 0 heterocycles. The zero-order valence-electron chi connectivity index (χ0n) is 11.9. The molecular weight excluding hydrogens is 236 g/mol. The molecular formula is C16H24N2O. The van der Waals surface area contributed by atoms with Gasteiger partial charge in [-0.25, -0.2) is 0 Å².